The summed E-state index contributed by atoms with van der Waals surface area (Å²) in [6.45, 7) is -0.0776. The minimum atomic E-state index is -1.28. The van der Waals surface area contributed by atoms with Crippen LogP contribution in [0.1, 0.15) is 38.5 Å². The molecule has 0 radical (unpaired) electrons. The number of carbonyl (C=O) groups excluding carboxylic acids is 3. The van der Waals surface area contributed by atoms with Crippen LogP contribution in [0.2, 0.25) is 0 Å². The number of unbranched alkanes of at least 4 members (excludes halogenated alkanes) is 1. The second-order valence-electron chi connectivity index (χ2n) is 6.84. The van der Waals surface area contributed by atoms with Crippen molar-refractivity contribution in [1.82, 2.24) is 16.0 Å². The molecule has 3 unspecified atom stereocenters. The number of thioether (sulfide) groups is 1. The largest absolute Gasteiger partial charge is 0.481 e. The van der Waals surface area contributed by atoms with Crippen molar-refractivity contribution < 1.29 is 34.2 Å². The fourth-order valence-corrected chi connectivity index (χ4v) is 2.97. The van der Waals surface area contributed by atoms with E-state index in [0.717, 1.165) is 0 Å². The predicted molar refractivity (Wildman–Crippen MR) is 115 cm³/mol. The zero-order chi connectivity index (χ0) is 23.8. The van der Waals surface area contributed by atoms with Crippen molar-refractivity contribution in [3.63, 3.8) is 0 Å². The Kier molecular flexibility index (Phi) is 15.1. The summed E-state index contributed by atoms with van der Waals surface area (Å²) in [6.07, 6.45) is 2.83. The van der Waals surface area contributed by atoms with Crippen LogP contribution in [0.15, 0.2) is 0 Å². The smallest absolute Gasteiger partial charge is 0.326 e. The Bertz CT molecular complexity index is 620. The fraction of sp³-hybridized carbons (Fsp3) is 0.722. The van der Waals surface area contributed by atoms with Crippen molar-refractivity contribution in [3.05, 3.63) is 0 Å². The molecule has 0 aliphatic carbocycles. The first kappa shape index (κ1) is 28.6. The molecular weight excluding hydrogens is 430 g/mol. The van der Waals surface area contributed by atoms with Gasteiger partial charge in [-0.15, -0.1) is 0 Å². The Hall–Kier alpha value is -2.38. The topological polar surface area (TPSA) is 214 Å². The summed E-state index contributed by atoms with van der Waals surface area (Å²) < 4.78 is 0. The van der Waals surface area contributed by atoms with Gasteiger partial charge in [0, 0.05) is 6.42 Å². The van der Waals surface area contributed by atoms with E-state index in [1.165, 1.54) is 11.8 Å². The number of aliphatic carboxylic acids is 2. The van der Waals surface area contributed by atoms with Crippen LogP contribution in [0.4, 0.5) is 0 Å². The summed E-state index contributed by atoms with van der Waals surface area (Å²) in [6, 6.07) is -3.25. The highest BCUT2D eigenvalue weighted by Crippen LogP contribution is 2.04. The SMILES string of the molecule is CSCCC(N)C(=O)NCC(=O)NC(CCC(=O)O)C(=O)NC(CCCCN)C(=O)O. The number of hydrogen-bond donors (Lipinski definition) is 7. The minimum absolute atomic E-state index is 0.141. The van der Waals surface area contributed by atoms with E-state index < -0.39 is 60.8 Å². The number of nitrogens with one attached hydrogen (secondary N) is 3. The van der Waals surface area contributed by atoms with Gasteiger partial charge in [-0.1, -0.05) is 0 Å². The highest BCUT2D eigenvalue weighted by molar-refractivity contribution is 7.98. The minimum Gasteiger partial charge on any atom is -0.481 e. The summed E-state index contributed by atoms with van der Waals surface area (Å²) >= 11 is 1.52. The molecule has 9 N–H and O–H groups in total. The molecule has 0 aromatic rings. The number of carboxylic acids is 2. The lowest BCUT2D eigenvalue weighted by atomic mass is 10.1. The molecule has 0 aromatic carbocycles. The highest BCUT2D eigenvalue weighted by Gasteiger charge is 2.27. The Morgan fingerprint density at radius 3 is 2.16 bits per heavy atom. The van der Waals surface area contributed by atoms with E-state index >= 15 is 0 Å². The van der Waals surface area contributed by atoms with E-state index in [0.29, 0.717) is 31.6 Å². The second-order valence-corrected chi connectivity index (χ2v) is 7.83. The molecular formula is C18H33N5O7S. The maximum atomic E-state index is 12.5. The highest BCUT2D eigenvalue weighted by atomic mass is 32.2. The first-order chi connectivity index (χ1) is 14.6. The number of carboxylic acid groups (broad SMARTS) is 2. The summed E-state index contributed by atoms with van der Waals surface area (Å²) in [5.74, 6) is -3.84. The van der Waals surface area contributed by atoms with Crippen LogP contribution in [0, 0.1) is 0 Å². The van der Waals surface area contributed by atoms with E-state index in [-0.39, 0.29) is 12.8 Å². The predicted octanol–water partition coefficient (Wildman–Crippen LogP) is -1.77. The summed E-state index contributed by atoms with van der Waals surface area (Å²) in [4.78, 5) is 58.7. The Morgan fingerprint density at radius 2 is 1.61 bits per heavy atom. The molecule has 0 spiro atoms. The van der Waals surface area contributed by atoms with Gasteiger partial charge in [0.15, 0.2) is 0 Å². The molecule has 12 nitrogen and oxygen atoms in total. The van der Waals surface area contributed by atoms with Gasteiger partial charge in [0.2, 0.25) is 17.7 Å². The molecule has 0 bridgehead atoms. The number of carbonyl (C=O) groups is 5. The maximum absolute atomic E-state index is 12.5. The van der Waals surface area contributed by atoms with Crippen LogP contribution in [-0.2, 0) is 24.0 Å². The van der Waals surface area contributed by atoms with Crippen molar-refractivity contribution in [2.75, 3.05) is 25.1 Å². The van der Waals surface area contributed by atoms with Gasteiger partial charge in [-0.05, 0) is 50.7 Å². The van der Waals surface area contributed by atoms with Crippen molar-refractivity contribution in [1.29, 1.82) is 0 Å². The molecule has 13 heteroatoms. The van der Waals surface area contributed by atoms with Crippen LogP contribution in [-0.4, -0.2) is 83.1 Å². The zero-order valence-corrected chi connectivity index (χ0v) is 18.4. The van der Waals surface area contributed by atoms with Gasteiger partial charge in [0.25, 0.3) is 0 Å². The lowest BCUT2D eigenvalue weighted by Gasteiger charge is -2.21. The molecule has 178 valence electrons. The van der Waals surface area contributed by atoms with Crippen LogP contribution >= 0.6 is 11.8 Å². The molecule has 0 aliphatic heterocycles. The Labute approximate surface area is 185 Å². The quantitative estimate of drug-likeness (QED) is 0.120. The van der Waals surface area contributed by atoms with Gasteiger partial charge in [-0.25, -0.2) is 4.79 Å². The molecule has 0 heterocycles. The number of hydrogen-bond acceptors (Lipinski definition) is 8. The summed E-state index contributed by atoms with van der Waals surface area (Å²) in [5, 5.41) is 25.2. The van der Waals surface area contributed by atoms with Gasteiger partial charge >= 0.3 is 11.9 Å². The van der Waals surface area contributed by atoms with E-state index in [2.05, 4.69) is 16.0 Å². The third kappa shape index (κ3) is 13.5. The first-order valence-electron chi connectivity index (χ1n) is 9.89. The Morgan fingerprint density at radius 1 is 0.935 bits per heavy atom. The van der Waals surface area contributed by atoms with Crippen LogP contribution < -0.4 is 27.4 Å². The molecule has 0 saturated carbocycles. The molecule has 31 heavy (non-hydrogen) atoms. The van der Waals surface area contributed by atoms with E-state index in [1.807, 2.05) is 6.26 Å². The van der Waals surface area contributed by atoms with Crippen molar-refractivity contribution in [3.8, 4) is 0 Å². The molecule has 3 amide bonds. The first-order valence-corrected chi connectivity index (χ1v) is 11.3. The molecule has 0 aliphatic rings. The molecule has 3 atom stereocenters. The Balaban J connectivity index is 4.89. The zero-order valence-electron chi connectivity index (χ0n) is 17.6. The summed E-state index contributed by atoms with van der Waals surface area (Å²) in [5.41, 5.74) is 11.1. The third-order valence-corrected chi connectivity index (χ3v) is 4.90. The van der Waals surface area contributed by atoms with E-state index in [4.69, 9.17) is 16.6 Å². The molecule has 0 aromatic heterocycles. The molecule has 0 saturated heterocycles. The number of amides is 3. The van der Waals surface area contributed by atoms with Crippen LogP contribution in [0.25, 0.3) is 0 Å². The number of rotatable bonds is 17. The average molecular weight is 464 g/mol. The normalized spacial score (nSPS) is 13.5. The standard InChI is InChI=1S/C18H33N5O7S/c1-31-9-7-11(20)16(27)21-10-14(24)22-12(5-6-15(25)26)17(28)23-13(18(29)30)4-2-3-8-19/h11-13H,2-10,19-20H2,1H3,(H,21,27)(H,22,24)(H,23,28)(H,25,26)(H,29,30). The van der Waals surface area contributed by atoms with E-state index in [1.54, 1.807) is 0 Å². The van der Waals surface area contributed by atoms with Crippen molar-refractivity contribution >= 4 is 41.4 Å². The number of nitrogens with two attached hydrogens (primary N) is 2. The summed E-state index contributed by atoms with van der Waals surface area (Å²) in [7, 11) is 0. The fourth-order valence-electron chi connectivity index (χ4n) is 2.48. The third-order valence-electron chi connectivity index (χ3n) is 4.25. The van der Waals surface area contributed by atoms with E-state index in [9.17, 15) is 29.1 Å². The van der Waals surface area contributed by atoms with Gasteiger partial charge in [0.1, 0.15) is 12.1 Å². The van der Waals surface area contributed by atoms with Crippen molar-refractivity contribution in [2.24, 2.45) is 11.5 Å². The molecule has 0 rings (SSSR count). The van der Waals surface area contributed by atoms with Crippen LogP contribution in [0.5, 0.6) is 0 Å². The van der Waals surface area contributed by atoms with Gasteiger partial charge < -0.3 is 37.6 Å². The maximum Gasteiger partial charge on any atom is 0.326 e. The molecule has 0 fully saturated rings. The lowest BCUT2D eigenvalue weighted by Crippen LogP contribution is -2.53. The van der Waals surface area contributed by atoms with Gasteiger partial charge in [-0.2, -0.15) is 11.8 Å². The average Bonchev–Trinajstić information content (AvgIpc) is 2.71. The second kappa shape index (κ2) is 16.3. The lowest BCUT2D eigenvalue weighted by molar-refractivity contribution is -0.143. The van der Waals surface area contributed by atoms with Gasteiger partial charge in [0.05, 0.1) is 12.6 Å². The van der Waals surface area contributed by atoms with Gasteiger partial charge in [-0.3, -0.25) is 19.2 Å². The van der Waals surface area contributed by atoms with Crippen LogP contribution in [0.3, 0.4) is 0 Å². The van der Waals surface area contributed by atoms with Crippen molar-refractivity contribution in [2.45, 2.75) is 56.7 Å². The monoisotopic (exact) mass is 463 g/mol.